The summed E-state index contributed by atoms with van der Waals surface area (Å²) in [6.07, 6.45) is -1.29. The highest BCUT2D eigenvalue weighted by Crippen LogP contribution is 2.25. The van der Waals surface area contributed by atoms with Gasteiger partial charge in [0.25, 0.3) is 5.91 Å². The Kier molecular flexibility index (Phi) is 6.85. The lowest BCUT2D eigenvalue weighted by molar-refractivity contribution is -0.274. The molecular formula is C24H24F3N5O2. The average molecular weight is 471 g/mol. The number of anilines is 4. The first-order valence-corrected chi connectivity index (χ1v) is 10.9. The van der Waals surface area contributed by atoms with Gasteiger partial charge in [0.15, 0.2) is 0 Å². The van der Waals surface area contributed by atoms with E-state index in [2.05, 4.69) is 30.2 Å². The molecule has 2 heterocycles. The summed E-state index contributed by atoms with van der Waals surface area (Å²) in [4.78, 5) is 23.8. The Bertz CT molecular complexity index is 1150. The van der Waals surface area contributed by atoms with E-state index >= 15 is 0 Å². The molecule has 0 aliphatic carbocycles. The fourth-order valence-electron chi connectivity index (χ4n) is 3.70. The number of aromatic nitrogens is 2. The molecule has 4 rings (SSSR count). The molecule has 0 atom stereocenters. The minimum Gasteiger partial charge on any atom is -0.406 e. The van der Waals surface area contributed by atoms with Gasteiger partial charge in [0.1, 0.15) is 11.6 Å². The van der Waals surface area contributed by atoms with Crippen LogP contribution in [0.3, 0.4) is 0 Å². The van der Waals surface area contributed by atoms with Gasteiger partial charge in [0, 0.05) is 41.8 Å². The van der Waals surface area contributed by atoms with E-state index in [0.717, 1.165) is 55.3 Å². The molecule has 2 aromatic carbocycles. The van der Waals surface area contributed by atoms with Crippen molar-refractivity contribution in [3.8, 4) is 5.75 Å². The molecule has 1 saturated heterocycles. The highest BCUT2D eigenvalue weighted by Gasteiger charge is 2.31. The van der Waals surface area contributed by atoms with Crippen molar-refractivity contribution in [2.75, 3.05) is 28.6 Å². The summed E-state index contributed by atoms with van der Waals surface area (Å²) in [5, 5.41) is 5.84. The summed E-state index contributed by atoms with van der Waals surface area (Å²) in [5.74, 6) is 0.373. The number of piperidine rings is 1. The molecule has 7 nitrogen and oxygen atoms in total. The van der Waals surface area contributed by atoms with Crippen molar-refractivity contribution < 1.29 is 22.7 Å². The van der Waals surface area contributed by atoms with Gasteiger partial charge in [0.05, 0.1) is 0 Å². The molecule has 1 aliphatic rings. The molecule has 0 radical (unpaired) electrons. The number of amides is 1. The Labute approximate surface area is 195 Å². The highest BCUT2D eigenvalue weighted by atomic mass is 19.4. The lowest BCUT2D eigenvalue weighted by atomic mass is 10.1. The van der Waals surface area contributed by atoms with E-state index in [1.54, 1.807) is 24.3 Å². The second-order valence-corrected chi connectivity index (χ2v) is 7.97. The van der Waals surface area contributed by atoms with E-state index in [1.807, 2.05) is 13.0 Å². The number of alkyl halides is 3. The maximum absolute atomic E-state index is 12.4. The van der Waals surface area contributed by atoms with Crippen molar-refractivity contribution in [1.29, 1.82) is 0 Å². The second-order valence-electron chi connectivity index (χ2n) is 7.97. The molecule has 10 heteroatoms. The summed E-state index contributed by atoms with van der Waals surface area (Å²) in [5.41, 5.74) is 2.12. The Morgan fingerprint density at radius 3 is 2.38 bits per heavy atom. The largest absolute Gasteiger partial charge is 0.573 e. The minimum atomic E-state index is -4.83. The number of hydrogen-bond donors (Lipinski definition) is 2. The van der Waals surface area contributed by atoms with Crippen LogP contribution in [0.25, 0.3) is 0 Å². The molecule has 34 heavy (non-hydrogen) atoms. The van der Waals surface area contributed by atoms with E-state index in [-0.39, 0.29) is 5.56 Å². The second kappa shape index (κ2) is 9.98. The van der Waals surface area contributed by atoms with Crippen LogP contribution in [0.2, 0.25) is 0 Å². The molecule has 178 valence electrons. The number of rotatable bonds is 6. The standard InChI is InChI=1S/C24H24F3N5O2/c1-16-14-21(32-12-3-2-4-13-32)31-23(28-16)30-19-10-8-18(9-11-19)29-22(33)17-6-5-7-20(15-17)34-24(25,26)27/h5-11,14-15H,2-4,12-13H2,1H3,(H,29,33)(H,28,30,31). The summed E-state index contributed by atoms with van der Waals surface area (Å²) in [6, 6.07) is 13.7. The monoisotopic (exact) mass is 471 g/mol. The van der Waals surface area contributed by atoms with Gasteiger partial charge in [-0.15, -0.1) is 13.2 Å². The molecule has 0 saturated carbocycles. The third kappa shape index (κ3) is 6.37. The zero-order valence-electron chi connectivity index (χ0n) is 18.5. The summed E-state index contributed by atoms with van der Waals surface area (Å²) >= 11 is 0. The first-order valence-electron chi connectivity index (χ1n) is 10.9. The third-order valence-electron chi connectivity index (χ3n) is 5.25. The Morgan fingerprint density at radius 2 is 1.68 bits per heavy atom. The van der Waals surface area contributed by atoms with Crippen LogP contribution in [0, 0.1) is 6.92 Å². The van der Waals surface area contributed by atoms with Crippen LogP contribution in [-0.2, 0) is 0 Å². The highest BCUT2D eigenvalue weighted by molar-refractivity contribution is 6.04. The number of nitrogens with one attached hydrogen (secondary N) is 2. The Hall–Kier alpha value is -3.82. The van der Waals surface area contributed by atoms with E-state index in [0.29, 0.717) is 11.6 Å². The normalized spacial score (nSPS) is 13.9. The lowest BCUT2D eigenvalue weighted by Crippen LogP contribution is -2.30. The Balaban J connectivity index is 1.40. The smallest absolute Gasteiger partial charge is 0.406 e. The number of ether oxygens (including phenoxy) is 1. The van der Waals surface area contributed by atoms with E-state index in [4.69, 9.17) is 0 Å². The van der Waals surface area contributed by atoms with Gasteiger partial charge in [-0.3, -0.25) is 4.79 Å². The van der Waals surface area contributed by atoms with Gasteiger partial charge in [-0.1, -0.05) is 6.07 Å². The Morgan fingerprint density at radius 1 is 0.971 bits per heavy atom. The molecule has 1 amide bonds. The van der Waals surface area contributed by atoms with Crippen LogP contribution in [0.4, 0.5) is 36.3 Å². The first-order chi connectivity index (χ1) is 16.2. The van der Waals surface area contributed by atoms with Gasteiger partial charge in [-0.05, 0) is 68.7 Å². The predicted octanol–water partition coefficient (Wildman–Crippen LogP) is 5.67. The zero-order chi connectivity index (χ0) is 24.1. The van der Waals surface area contributed by atoms with Gasteiger partial charge < -0.3 is 20.3 Å². The van der Waals surface area contributed by atoms with Crippen LogP contribution in [0.15, 0.2) is 54.6 Å². The maximum atomic E-state index is 12.4. The molecule has 0 spiro atoms. The van der Waals surface area contributed by atoms with Crippen molar-refractivity contribution in [3.63, 3.8) is 0 Å². The van der Waals surface area contributed by atoms with Crippen LogP contribution in [-0.4, -0.2) is 35.3 Å². The SMILES string of the molecule is Cc1cc(N2CCCCC2)nc(Nc2ccc(NC(=O)c3cccc(OC(F)(F)F)c3)cc2)n1. The van der Waals surface area contributed by atoms with E-state index in [1.165, 1.54) is 18.6 Å². The molecule has 2 N–H and O–H groups in total. The first kappa shape index (κ1) is 23.3. The lowest BCUT2D eigenvalue weighted by Gasteiger charge is -2.28. The molecule has 0 unspecified atom stereocenters. The molecule has 1 aromatic heterocycles. The van der Waals surface area contributed by atoms with Crippen molar-refractivity contribution >= 4 is 29.0 Å². The zero-order valence-corrected chi connectivity index (χ0v) is 18.5. The fourth-order valence-corrected chi connectivity index (χ4v) is 3.70. The summed E-state index contributed by atoms with van der Waals surface area (Å²) in [7, 11) is 0. The van der Waals surface area contributed by atoms with Gasteiger partial charge >= 0.3 is 6.36 Å². The number of carbonyl (C=O) groups is 1. The number of hydrogen-bond acceptors (Lipinski definition) is 6. The molecular weight excluding hydrogens is 447 g/mol. The van der Waals surface area contributed by atoms with Crippen LogP contribution in [0.1, 0.15) is 35.3 Å². The maximum Gasteiger partial charge on any atom is 0.573 e. The van der Waals surface area contributed by atoms with Gasteiger partial charge in [-0.2, -0.15) is 4.98 Å². The van der Waals surface area contributed by atoms with Crippen molar-refractivity contribution in [1.82, 2.24) is 9.97 Å². The number of nitrogens with zero attached hydrogens (tertiary/aromatic N) is 3. The van der Waals surface area contributed by atoms with Crippen LogP contribution >= 0.6 is 0 Å². The summed E-state index contributed by atoms with van der Waals surface area (Å²) < 4.78 is 41.1. The summed E-state index contributed by atoms with van der Waals surface area (Å²) in [6.45, 7) is 3.89. The van der Waals surface area contributed by atoms with Crippen LogP contribution in [0.5, 0.6) is 5.75 Å². The van der Waals surface area contributed by atoms with Gasteiger partial charge in [0.2, 0.25) is 5.95 Å². The average Bonchev–Trinajstić information content (AvgIpc) is 2.80. The van der Waals surface area contributed by atoms with Crippen molar-refractivity contribution in [2.45, 2.75) is 32.5 Å². The number of benzene rings is 2. The van der Waals surface area contributed by atoms with Crippen molar-refractivity contribution in [3.05, 3.63) is 65.9 Å². The molecule has 1 aliphatic heterocycles. The molecule has 3 aromatic rings. The number of carbonyl (C=O) groups excluding carboxylic acids is 1. The van der Waals surface area contributed by atoms with Crippen LogP contribution < -0.4 is 20.3 Å². The van der Waals surface area contributed by atoms with Gasteiger partial charge in [-0.25, -0.2) is 4.98 Å². The topological polar surface area (TPSA) is 79.4 Å². The molecule has 0 bridgehead atoms. The van der Waals surface area contributed by atoms with E-state index < -0.39 is 18.0 Å². The quantitative estimate of drug-likeness (QED) is 0.482. The van der Waals surface area contributed by atoms with Crippen molar-refractivity contribution in [2.24, 2.45) is 0 Å². The van der Waals surface area contributed by atoms with E-state index in [9.17, 15) is 18.0 Å². The third-order valence-corrected chi connectivity index (χ3v) is 5.25. The fraction of sp³-hybridized carbons (Fsp3) is 0.292. The molecule has 1 fully saturated rings. The number of halogens is 3. The number of aryl methyl sites for hydroxylation is 1. The predicted molar refractivity (Wildman–Crippen MR) is 124 cm³/mol. The minimum absolute atomic E-state index is 0.0438.